The molecule has 0 saturated heterocycles. The van der Waals surface area contributed by atoms with E-state index in [0.29, 0.717) is 33.7 Å². The molecule has 0 unspecified atom stereocenters. The van der Waals surface area contributed by atoms with E-state index in [-0.39, 0.29) is 30.1 Å². The minimum atomic E-state index is -0.364. The first kappa shape index (κ1) is 18.5. The number of aromatic amines is 1. The Kier molecular flexibility index (Phi) is 5.03. The summed E-state index contributed by atoms with van der Waals surface area (Å²) in [6, 6.07) is 5.27. The highest BCUT2D eigenvalue weighted by molar-refractivity contribution is 6.42. The summed E-state index contributed by atoms with van der Waals surface area (Å²) in [6.45, 7) is 0.407. The lowest BCUT2D eigenvalue weighted by Crippen LogP contribution is -2.13. The summed E-state index contributed by atoms with van der Waals surface area (Å²) in [4.78, 5) is 23.4. The van der Waals surface area contributed by atoms with E-state index in [0.717, 1.165) is 5.56 Å². The van der Waals surface area contributed by atoms with Gasteiger partial charge in [-0.25, -0.2) is 9.97 Å². The van der Waals surface area contributed by atoms with Crippen LogP contribution in [-0.4, -0.2) is 29.8 Å². The molecule has 1 aromatic carbocycles. The number of halogens is 2. The lowest BCUT2D eigenvalue weighted by molar-refractivity contribution is 0.240. The highest BCUT2D eigenvalue weighted by atomic mass is 35.5. The van der Waals surface area contributed by atoms with Gasteiger partial charge in [0.05, 0.1) is 22.8 Å². The van der Waals surface area contributed by atoms with Crippen molar-refractivity contribution in [3.05, 3.63) is 68.2 Å². The SMILES string of the molecule is O=c1[nH]c(NCc2ccc(Cl)c(Cl)c2)nc2cn(Cc3coc(CO)n3)nc12. The van der Waals surface area contributed by atoms with Gasteiger partial charge in [0, 0.05) is 6.54 Å². The van der Waals surface area contributed by atoms with Crippen LogP contribution in [0.4, 0.5) is 5.95 Å². The second-order valence-corrected chi connectivity index (χ2v) is 6.78. The number of benzene rings is 1. The third-order valence-electron chi connectivity index (χ3n) is 3.92. The molecule has 11 heteroatoms. The Morgan fingerprint density at radius 1 is 1.25 bits per heavy atom. The number of hydrogen-bond donors (Lipinski definition) is 3. The van der Waals surface area contributed by atoms with Gasteiger partial charge in [0.2, 0.25) is 11.8 Å². The summed E-state index contributed by atoms with van der Waals surface area (Å²) in [7, 11) is 0. The quantitative estimate of drug-likeness (QED) is 0.437. The van der Waals surface area contributed by atoms with Gasteiger partial charge in [0.1, 0.15) is 24.1 Å². The molecule has 0 fully saturated rings. The molecule has 0 saturated carbocycles. The van der Waals surface area contributed by atoms with Crippen LogP contribution < -0.4 is 10.9 Å². The summed E-state index contributed by atoms with van der Waals surface area (Å²) in [5.74, 6) is 0.531. The Morgan fingerprint density at radius 2 is 2.11 bits per heavy atom. The van der Waals surface area contributed by atoms with Crippen LogP contribution in [0, 0.1) is 0 Å². The van der Waals surface area contributed by atoms with Gasteiger partial charge in [0.15, 0.2) is 5.52 Å². The van der Waals surface area contributed by atoms with Crippen LogP contribution in [0.5, 0.6) is 0 Å². The van der Waals surface area contributed by atoms with Crippen molar-refractivity contribution < 1.29 is 9.52 Å². The summed E-state index contributed by atoms with van der Waals surface area (Å²) in [6.07, 6.45) is 3.07. The lowest BCUT2D eigenvalue weighted by atomic mass is 10.2. The van der Waals surface area contributed by atoms with Crippen LogP contribution in [0.25, 0.3) is 11.0 Å². The maximum absolute atomic E-state index is 12.3. The number of oxazole rings is 1. The van der Waals surface area contributed by atoms with Crippen molar-refractivity contribution in [3.8, 4) is 0 Å². The number of nitrogens with zero attached hydrogens (tertiary/aromatic N) is 4. The average Bonchev–Trinajstić information content (AvgIpc) is 3.29. The second kappa shape index (κ2) is 7.63. The first-order chi connectivity index (χ1) is 13.5. The van der Waals surface area contributed by atoms with Crippen molar-refractivity contribution in [1.29, 1.82) is 0 Å². The fraction of sp³-hybridized carbons (Fsp3) is 0.176. The van der Waals surface area contributed by atoms with E-state index in [1.165, 1.54) is 10.9 Å². The molecule has 0 aliphatic heterocycles. The van der Waals surface area contributed by atoms with Crippen LogP contribution in [0.15, 0.2) is 39.9 Å². The van der Waals surface area contributed by atoms with Crippen molar-refractivity contribution >= 4 is 40.2 Å². The molecule has 0 bridgehead atoms. The normalized spacial score (nSPS) is 11.2. The fourth-order valence-corrected chi connectivity index (χ4v) is 2.95. The van der Waals surface area contributed by atoms with Gasteiger partial charge >= 0.3 is 0 Å². The van der Waals surface area contributed by atoms with Gasteiger partial charge in [-0.1, -0.05) is 29.3 Å². The number of anilines is 1. The molecule has 4 aromatic rings. The van der Waals surface area contributed by atoms with Gasteiger partial charge < -0.3 is 14.8 Å². The molecule has 9 nitrogen and oxygen atoms in total. The maximum atomic E-state index is 12.3. The minimum absolute atomic E-state index is 0.214. The Balaban J connectivity index is 1.53. The number of hydrogen-bond acceptors (Lipinski definition) is 7. The molecule has 0 aliphatic rings. The lowest BCUT2D eigenvalue weighted by Gasteiger charge is -2.06. The molecular weight excluding hydrogens is 407 g/mol. The smallest absolute Gasteiger partial charge is 0.280 e. The van der Waals surface area contributed by atoms with Crippen molar-refractivity contribution in [2.24, 2.45) is 0 Å². The van der Waals surface area contributed by atoms with Crippen LogP contribution in [0.1, 0.15) is 17.1 Å². The van der Waals surface area contributed by atoms with E-state index in [1.54, 1.807) is 18.3 Å². The van der Waals surface area contributed by atoms with Gasteiger partial charge in [0.25, 0.3) is 5.56 Å². The summed E-state index contributed by atoms with van der Waals surface area (Å²) in [5, 5.41) is 17.2. The van der Waals surface area contributed by atoms with Gasteiger partial charge in [-0.15, -0.1) is 0 Å². The van der Waals surface area contributed by atoms with E-state index in [2.05, 4.69) is 25.4 Å². The zero-order valence-corrected chi connectivity index (χ0v) is 15.8. The number of H-pyrrole nitrogens is 1. The third kappa shape index (κ3) is 3.86. The summed E-state index contributed by atoms with van der Waals surface area (Å²) in [5.41, 5.74) is 1.75. The molecule has 0 atom stereocenters. The van der Waals surface area contributed by atoms with E-state index < -0.39 is 0 Å². The third-order valence-corrected chi connectivity index (χ3v) is 4.66. The van der Waals surface area contributed by atoms with Crippen molar-refractivity contribution in [3.63, 3.8) is 0 Å². The number of aliphatic hydroxyl groups excluding tert-OH is 1. The number of rotatable bonds is 6. The van der Waals surface area contributed by atoms with Crippen molar-refractivity contribution in [2.75, 3.05) is 5.32 Å². The molecule has 3 N–H and O–H groups in total. The molecule has 0 spiro atoms. The maximum Gasteiger partial charge on any atom is 0.280 e. The Morgan fingerprint density at radius 3 is 2.86 bits per heavy atom. The largest absolute Gasteiger partial charge is 0.446 e. The topological polar surface area (TPSA) is 122 Å². The average molecular weight is 421 g/mol. The molecule has 144 valence electrons. The minimum Gasteiger partial charge on any atom is -0.446 e. The fourth-order valence-electron chi connectivity index (χ4n) is 2.63. The van der Waals surface area contributed by atoms with E-state index in [9.17, 15) is 4.79 Å². The van der Waals surface area contributed by atoms with Crippen molar-refractivity contribution in [1.82, 2.24) is 24.7 Å². The number of aliphatic hydroxyl groups is 1. The van der Waals surface area contributed by atoms with Crippen LogP contribution in [0.2, 0.25) is 10.0 Å². The molecular formula is C17H14Cl2N6O3. The highest BCUT2D eigenvalue weighted by Gasteiger charge is 2.11. The molecule has 3 aromatic heterocycles. The van der Waals surface area contributed by atoms with E-state index in [4.69, 9.17) is 32.7 Å². The highest BCUT2D eigenvalue weighted by Crippen LogP contribution is 2.22. The van der Waals surface area contributed by atoms with E-state index >= 15 is 0 Å². The first-order valence-electron chi connectivity index (χ1n) is 8.21. The molecule has 3 heterocycles. The zero-order valence-electron chi connectivity index (χ0n) is 14.3. The van der Waals surface area contributed by atoms with Gasteiger partial charge in [-0.05, 0) is 17.7 Å². The molecule has 28 heavy (non-hydrogen) atoms. The standard InChI is InChI=1S/C17H14Cl2N6O3/c18-11-2-1-9(3-12(11)19)4-20-17-22-13-6-25(24-15(13)16(27)23-17)5-10-8-28-14(7-26)21-10/h1-3,6,8,26H,4-5,7H2,(H2,20,22,23,27). The van der Waals surface area contributed by atoms with Crippen LogP contribution >= 0.6 is 23.2 Å². The Hall–Kier alpha value is -2.88. The predicted octanol–water partition coefficient (Wildman–Crippen LogP) is 2.57. The van der Waals surface area contributed by atoms with Crippen LogP contribution in [-0.2, 0) is 19.7 Å². The second-order valence-electron chi connectivity index (χ2n) is 5.97. The van der Waals surface area contributed by atoms with Crippen LogP contribution in [0.3, 0.4) is 0 Å². The van der Waals surface area contributed by atoms with Gasteiger partial charge in [-0.2, -0.15) is 5.10 Å². The first-order valence-corrected chi connectivity index (χ1v) is 8.97. The monoisotopic (exact) mass is 420 g/mol. The Bertz CT molecular complexity index is 1200. The summed E-state index contributed by atoms with van der Waals surface area (Å²) < 4.78 is 6.62. The number of fused-ring (bicyclic) bond motifs is 1. The van der Waals surface area contributed by atoms with Gasteiger partial charge in [-0.3, -0.25) is 14.5 Å². The molecule has 0 radical (unpaired) electrons. The Labute approximate surface area is 167 Å². The number of nitrogens with one attached hydrogen (secondary N) is 2. The predicted molar refractivity (Wildman–Crippen MR) is 103 cm³/mol. The van der Waals surface area contributed by atoms with E-state index in [1.807, 2.05) is 6.07 Å². The molecule has 0 amide bonds. The summed E-state index contributed by atoms with van der Waals surface area (Å²) >= 11 is 11.9. The molecule has 0 aliphatic carbocycles. The molecule has 4 rings (SSSR count). The zero-order chi connectivity index (χ0) is 19.7. The number of aromatic nitrogens is 5. The van der Waals surface area contributed by atoms with Crippen molar-refractivity contribution in [2.45, 2.75) is 19.7 Å².